The first kappa shape index (κ1) is 16.9. The third kappa shape index (κ3) is 4.42. The average molecular weight is 304 g/mol. The first-order valence-electron chi connectivity index (χ1n) is 7.12. The van der Waals surface area contributed by atoms with Crippen molar-refractivity contribution in [2.45, 2.75) is 52.1 Å². The van der Waals surface area contributed by atoms with Crippen molar-refractivity contribution in [2.24, 2.45) is 11.7 Å². The molecule has 3 nitrogen and oxygen atoms in total. The Morgan fingerprint density at radius 2 is 2.32 bits per heavy atom. The van der Waals surface area contributed by atoms with E-state index in [1.807, 2.05) is 0 Å². The minimum absolute atomic E-state index is 0. The van der Waals surface area contributed by atoms with Crippen molar-refractivity contribution in [3.05, 3.63) is 16.1 Å². The van der Waals surface area contributed by atoms with Crippen LogP contribution in [0, 0.1) is 5.92 Å². The smallest absolute Gasteiger partial charge is 0.107 e. The van der Waals surface area contributed by atoms with Crippen LogP contribution >= 0.6 is 23.7 Å². The molecular weight excluding hydrogens is 278 g/mol. The fourth-order valence-corrected chi connectivity index (χ4v) is 3.73. The van der Waals surface area contributed by atoms with Gasteiger partial charge in [0.05, 0.1) is 12.2 Å². The minimum atomic E-state index is 0. The Kier molecular flexibility index (Phi) is 7.29. The molecule has 0 radical (unpaired) electrons. The van der Waals surface area contributed by atoms with Crippen LogP contribution in [0.15, 0.2) is 5.38 Å². The van der Waals surface area contributed by atoms with Crippen LogP contribution in [-0.2, 0) is 13.0 Å². The Bertz CT molecular complexity index is 369. The molecule has 1 aliphatic heterocycles. The van der Waals surface area contributed by atoms with E-state index in [-0.39, 0.29) is 12.4 Å². The Morgan fingerprint density at radius 3 is 3.00 bits per heavy atom. The molecule has 19 heavy (non-hydrogen) atoms. The van der Waals surface area contributed by atoms with E-state index in [9.17, 15) is 0 Å². The third-order valence-electron chi connectivity index (χ3n) is 3.92. The lowest BCUT2D eigenvalue weighted by molar-refractivity contribution is 0.0989. The molecule has 1 aromatic rings. The van der Waals surface area contributed by atoms with Crippen LogP contribution < -0.4 is 5.73 Å². The SMILES string of the molecule is CCCc1csc(CN2CCCC(C)C2CN)n1.Cl. The highest BCUT2D eigenvalue weighted by molar-refractivity contribution is 7.09. The Labute approximate surface area is 127 Å². The molecule has 2 atom stereocenters. The fourth-order valence-electron chi connectivity index (χ4n) is 2.88. The molecule has 0 aromatic carbocycles. The summed E-state index contributed by atoms with van der Waals surface area (Å²) in [5, 5.41) is 3.47. The molecule has 0 spiro atoms. The van der Waals surface area contributed by atoms with Gasteiger partial charge >= 0.3 is 0 Å². The minimum Gasteiger partial charge on any atom is -0.329 e. The molecule has 0 aliphatic carbocycles. The monoisotopic (exact) mass is 303 g/mol. The number of aryl methyl sites for hydroxylation is 1. The lowest BCUT2D eigenvalue weighted by Crippen LogP contribution is -2.47. The molecule has 2 heterocycles. The summed E-state index contributed by atoms with van der Waals surface area (Å²) in [6.45, 7) is 7.47. The highest BCUT2D eigenvalue weighted by Gasteiger charge is 2.27. The largest absolute Gasteiger partial charge is 0.329 e. The van der Waals surface area contributed by atoms with Crippen molar-refractivity contribution in [3.8, 4) is 0 Å². The van der Waals surface area contributed by atoms with Gasteiger partial charge in [-0.1, -0.05) is 20.3 Å². The fraction of sp³-hybridized carbons (Fsp3) is 0.786. The molecule has 2 N–H and O–H groups in total. The van der Waals surface area contributed by atoms with Gasteiger partial charge in [0, 0.05) is 18.0 Å². The maximum atomic E-state index is 5.93. The zero-order valence-electron chi connectivity index (χ0n) is 12.0. The summed E-state index contributed by atoms with van der Waals surface area (Å²) in [4.78, 5) is 7.25. The van der Waals surface area contributed by atoms with Crippen LogP contribution in [0.4, 0.5) is 0 Å². The third-order valence-corrected chi connectivity index (χ3v) is 4.80. The van der Waals surface area contributed by atoms with Gasteiger partial charge < -0.3 is 5.73 Å². The van der Waals surface area contributed by atoms with Gasteiger partial charge in [-0.2, -0.15) is 0 Å². The molecule has 2 unspecified atom stereocenters. The summed E-state index contributed by atoms with van der Waals surface area (Å²) in [7, 11) is 0. The standard InChI is InChI=1S/C14H25N3S.ClH/c1-3-5-12-10-18-14(16-12)9-17-7-4-6-11(2)13(17)8-15;/h10-11,13H,3-9,15H2,1-2H3;1H. The van der Waals surface area contributed by atoms with Crippen molar-refractivity contribution in [1.82, 2.24) is 9.88 Å². The molecule has 0 saturated carbocycles. The van der Waals surface area contributed by atoms with E-state index < -0.39 is 0 Å². The number of piperidine rings is 1. The van der Waals surface area contributed by atoms with Crippen molar-refractivity contribution in [1.29, 1.82) is 0 Å². The number of thiazole rings is 1. The predicted molar refractivity (Wildman–Crippen MR) is 85.0 cm³/mol. The topological polar surface area (TPSA) is 42.1 Å². The van der Waals surface area contributed by atoms with Crippen LogP contribution in [0.1, 0.15) is 43.8 Å². The van der Waals surface area contributed by atoms with Crippen molar-refractivity contribution in [3.63, 3.8) is 0 Å². The number of likely N-dealkylation sites (tertiary alicyclic amines) is 1. The van der Waals surface area contributed by atoms with Crippen LogP contribution in [0.25, 0.3) is 0 Å². The lowest BCUT2D eigenvalue weighted by Gasteiger charge is -2.38. The molecule has 5 heteroatoms. The van der Waals surface area contributed by atoms with Crippen molar-refractivity contribution in [2.75, 3.05) is 13.1 Å². The normalized spacial score (nSPS) is 24.2. The predicted octanol–water partition coefficient (Wildman–Crippen LogP) is 3.08. The highest BCUT2D eigenvalue weighted by atomic mass is 35.5. The van der Waals surface area contributed by atoms with E-state index in [4.69, 9.17) is 10.7 Å². The summed E-state index contributed by atoms with van der Waals surface area (Å²) in [6.07, 6.45) is 4.89. The van der Waals surface area contributed by atoms with Crippen LogP contribution in [-0.4, -0.2) is 29.0 Å². The number of halogens is 1. The van der Waals surface area contributed by atoms with E-state index in [1.54, 1.807) is 11.3 Å². The van der Waals surface area contributed by atoms with E-state index in [0.29, 0.717) is 6.04 Å². The summed E-state index contributed by atoms with van der Waals surface area (Å²) in [5.74, 6) is 0.721. The van der Waals surface area contributed by atoms with Crippen molar-refractivity contribution < 1.29 is 0 Å². The second-order valence-electron chi connectivity index (χ2n) is 5.38. The highest BCUT2D eigenvalue weighted by Crippen LogP contribution is 2.25. The molecule has 1 aromatic heterocycles. The van der Waals surface area contributed by atoms with E-state index >= 15 is 0 Å². The summed E-state index contributed by atoms with van der Waals surface area (Å²) >= 11 is 1.80. The maximum Gasteiger partial charge on any atom is 0.107 e. The number of aromatic nitrogens is 1. The van der Waals surface area contributed by atoms with Gasteiger partial charge in [-0.25, -0.2) is 4.98 Å². The Balaban J connectivity index is 0.00000180. The summed E-state index contributed by atoms with van der Waals surface area (Å²) in [6, 6.07) is 0.539. The number of hydrogen-bond donors (Lipinski definition) is 1. The zero-order chi connectivity index (χ0) is 13.0. The second-order valence-corrected chi connectivity index (χ2v) is 6.32. The van der Waals surface area contributed by atoms with E-state index in [0.717, 1.165) is 25.4 Å². The van der Waals surface area contributed by atoms with Gasteiger partial charge in [0.1, 0.15) is 5.01 Å². The molecule has 1 fully saturated rings. The lowest BCUT2D eigenvalue weighted by atomic mass is 9.91. The number of rotatable bonds is 5. The van der Waals surface area contributed by atoms with Crippen LogP contribution in [0.5, 0.6) is 0 Å². The van der Waals surface area contributed by atoms with Gasteiger partial charge in [0.25, 0.3) is 0 Å². The van der Waals surface area contributed by atoms with Crippen molar-refractivity contribution >= 4 is 23.7 Å². The van der Waals surface area contributed by atoms with Gasteiger partial charge in [-0.3, -0.25) is 4.90 Å². The summed E-state index contributed by atoms with van der Waals surface area (Å²) in [5.41, 5.74) is 7.19. The Hall–Kier alpha value is -0.160. The number of nitrogens with zero attached hydrogens (tertiary/aromatic N) is 2. The molecule has 0 bridgehead atoms. The number of hydrogen-bond acceptors (Lipinski definition) is 4. The number of nitrogens with two attached hydrogens (primary N) is 1. The van der Waals surface area contributed by atoms with Gasteiger partial charge in [-0.05, 0) is 31.7 Å². The molecule has 2 rings (SSSR count). The van der Waals surface area contributed by atoms with Gasteiger partial charge in [0.15, 0.2) is 0 Å². The molecule has 110 valence electrons. The van der Waals surface area contributed by atoms with Gasteiger partial charge in [-0.15, -0.1) is 23.7 Å². The van der Waals surface area contributed by atoms with Crippen LogP contribution in [0.2, 0.25) is 0 Å². The maximum absolute atomic E-state index is 5.93. The molecular formula is C14H26ClN3S. The molecule has 1 saturated heterocycles. The first-order valence-corrected chi connectivity index (χ1v) is 8.00. The summed E-state index contributed by atoms with van der Waals surface area (Å²) < 4.78 is 0. The first-order chi connectivity index (χ1) is 8.74. The van der Waals surface area contributed by atoms with E-state index in [2.05, 4.69) is 24.1 Å². The van der Waals surface area contributed by atoms with Crippen LogP contribution in [0.3, 0.4) is 0 Å². The molecule has 1 aliphatic rings. The molecule has 0 amide bonds. The Morgan fingerprint density at radius 1 is 1.53 bits per heavy atom. The van der Waals surface area contributed by atoms with E-state index in [1.165, 1.54) is 36.5 Å². The van der Waals surface area contributed by atoms with Gasteiger partial charge in [0.2, 0.25) is 0 Å². The average Bonchev–Trinajstić information content (AvgIpc) is 2.77. The zero-order valence-corrected chi connectivity index (χ0v) is 13.6. The quantitative estimate of drug-likeness (QED) is 0.909. The second kappa shape index (κ2) is 8.20.